The van der Waals surface area contributed by atoms with Crippen LogP contribution in [0.3, 0.4) is 0 Å². The van der Waals surface area contributed by atoms with Gasteiger partial charge in [-0.05, 0) is 126 Å². The van der Waals surface area contributed by atoms with Gasteiger partial charge in [-0.3, -0.25) is 4.79 Å². The SMILES string of the molecule is CC1(C)CC[C@]2(C(=O)O[C@H]3OC[C@@H](O)[C@@H](O[C@H]4O[C@H](CO)[C@@H](O)[C@@H](O)[C@@H]4O)[C@@H]3OC(=O)/C=C/c3ccc(O)cc3)[C@@H](O)C[C@@]3(C)C(=CC[C@@H]4[C@@]5(C)CC[C@@H](O[C@@H]6O[C@@H](C(=O)O)[C@@H](O)[C@@H](O)[C@@H]6O[C@@H]6O[C@@H](CO)[C@@H](O)[C@@H](O)[C@@H]6O)C(C)(C)[C@@H]5CC[C@]43C)[C@@H]2C1. The predicted octanol–water partition coefficient (Wildman–Crippen LogP) is -0.363. The van der Waals surface area contributed by atoms with Gasteiger partial charge in [-0.2, -0.15) is 0 Å². The summed E-state index contributed by atoms with van der Waals surface area (Å²) in [6, 6.07) is 5.88. The Kier molecular flexibility index (Phi) is 19.0. The number of rotatable bonds is 14. The topological polar surface area (TPSA) is 418 Å². The summed E-state index contributed by atoms with van der Waals surface area (Å²) in [5.41, 5.74) is -2.67. The summed E-state index contributed by atoms with van der Waals surface area (Å²) < 4.78 is 54.1. The highest BCUT2D eigenvalue weighted by Gasteiger charge is 2.72. The smallest absolute Gasteiger partial charge is 0.335 e. The number of ether oxygens (including phenoxy) is 9. The van der Waals surface area contributed by atoms with Crippen LogP contribution in [0.4, 0.5) is 0 Å². The number of hydrogen-bond donors (Lipinski definition) is 14. The van der Waals surface area contributed by atoms with Crippen LogP contribution < -0.4 is 0 Å². The number of phenolic OH excluding ortho intramolecular Hbond substituents is 1. The number of esters is 2. The van der Waals surface area contributed by atoms with E-state index in [1.807, 2.05) is 0 Å². The molecule has 1 aromatic rings. The van der Waals surface area contributed by atoms with Crippen LogP contribution in [0.2, 0.25) is 0 Å². The van der Waals surface area contributed by atoms with Crippen LogP contribution in [-0.4, -0.2) is 238 Å². The van der Waals surface area contributed by atoms with Gasteiger partial charge >= 0.3 is 17.9 Å². The van der Waals surface area contributed by atoms with Crippen LogP contribution in [-0.2, 0) is 57.0 Å². The van der Waals surface area contributed by atoms with E-state index in [4.69, 9.17) is 42.6 Å². The van der Waals surface area contributed by atoms with E-state index in [2.05, 4.69) is 54.5 Å². The molecular weight excluding hydrogens is 1160 g/mol. The molecule has 26 nitrogen and oxygen atoms in total. The van der Waals surface area contributed by atoms with E-state index in [1.54, 1.807) is 0 Å². The minimum Gasteiger partial charge on any atom is -0.508 e. The first-order valence-corrected chi connectivity index (χ1v) is 30.7. The Balaban J connectivity index is 0.921. The standard InChI is InChI=1S/C62H90O26/c1-57(2)20-21-62(56(79)88-54-50(84-38(68)15-10-27-8-11-28(65)12-9-27)47(31(66)26-80-54)85-52-45(75)41(71)39(69)32(24-63)81-52)30(22-57)29-13-14-35-59(5)18-17-37(58(3,4)34(59)16-19-60(35,6)61(29,7)23-36(62)67)83-55-49(44(74)43(73)48(86-55)51(77)78)87-53-46(76)42(72)40(70)33(25-64)82-53/h8-13,15,30-37,39-50,52-55,63-67,69-76H,14,16-26H2,1-7H3,(H,77,78)/b15-10+/t30-,31+,32+,33-,34-,35+,36-,37+,39+,40+,41+,42+,43-,44+,45-,46-,47+,48+,49-,50-,52+,53-,54+,55+,59-,60+,61-,62+/m0/s1. The number of fused-ring (bicyclic) bond motifs is 7. The Labute approximate surface area is 509 Å². The lowest BCUT2D eigenvalue weighted by atomic mass is 9.33. The van der Waals surface area contributed by atoms with Crippen molar-refractivity contribution in [3.63, 3.8) is 0 Å². The highest BCUT2D eigenvalue weighted by atomic mass is 16.8. The van der Waals surface area contributed by atoms with E-state index in [0.29, 0.717) is 50.5 Å². The maximum absolute atomic E-state index is 15.6. The highest BCUT2D eigenvalue weighted by molar-refractivity contribution is 5.87. The maximum Gasteiger partial charge on any atom is 0.335 e. The first kappa shape index (κ1) is 67.1. The van der Waals surface area contributed by atoms with E-state index in [1.165, 1.54) is 30.3 Å². The number of phenols is 1. The molecule has 4 heterocycles. The lowest BCUT2D eigenvalue weighted by molar-refractivity contribution is -0.374. The van der Waals surface area contributed by atoms with Crippen molar-refractivity contribution in [3.8, 4) is 5.75 Å². The maximum atomic E-state index is 15.6. The molecule has 26 heteroatoms. The number of aliphatic hydroxyl groups excluding tert-OH is 12. The molecule has 0 unspecified atom stereocenters. The average Bonchev–Trinajstić information content (AvgIpc) is 0.689. The zero-order valence-electron chi connectivity index (χ0n) is 50.5. The van der Waals surface area contributed by atoms with Gasteiger partial charge in [-0.25, -0.2) is 9.59 Å². The number of carbonyl (C=O) groups is 3. The summed E-state index contributed by atoms with van der Waals surface area (Å²) in [5.74, 6) is -4.12. The second kappa shape index (κ2) is 24.9. The lowest BCUT2D eigenvalue weighted by Gasteiger charge is -2.71. The number of aromatic hydroxyl groups is 1. The van der Waals surface area contributed by atoms with Crippen LogP contribution in [0.1, 0.15) is 112 Å². The van der Waals surface area contributed by atoms with Crippen molar-refractivity contribution >= 4 is 24.0 Å². The number of allylic oxidation sites excluding steroid dienone is 2. The Morgan fingerprint density at radius 3 is 1.84 bits per heavy atom. The largest absolute Gasteiger partial charge is 0.508 e. The number of benzene rings is 1. The molecule has 0 bridgehead atoms. The fourth-order valence-corrected chi connectivity index (χ4v) is 17.3. The molecule has 10 rings (SSSR count). The summed E-state index contributed by atoms with van der Waals surface area (Å²) in [4.78, 5) is 41.9. The third kappa shape index (κ3) is 11.5. The number of aliphatic hydroxyl groups is 12. The number of hydrogen-bond acceptors (Lipinski definition) is 25. The van der Waals surface area contributed by atoms with Gasteiger partial charge in [-0.1, -0.05) is 72.2 Å². The summed E-state index contributed by atoms with van der Waals surface area (Å²) in [5, 5.41) is 151. The summed E-state index contributed by atoms with van der Waals surface area (Å²) >= 11 is 0. The molecule has 5 aliphatic carbocycles. The fraction of sp³-hybridized carbons (Fsp3) is 0.790. The molecule has 4 saturated heterocycles. The zero-order valence-corrected chi connectivity index (χ0v) is 50.5. The van der Waals surface area contributed by atoms with Crippen molar-refractivity contribution in [2.45, 2.75) is 235 Å². The van der Waals surface area contributed by atoms with Crippen molar-refractivity contribution in [3.05, 3.63) is 47.6 Å². The first-order valence-electron chi connectivity index (χ1n) is 30.7. The molecule has 4 aliphatic heterocycles. The van der Waals surface area contributed by atoms with E-state index in [-0.39, 0.29) is 35.8 Å². The highest BCUT2D eigenvalue weighted by Crippen LogP contribution is 2.76. The molecule has 14 N–H and O–H groups in total. The molecule has 8 fully saturated rings. The second-order valence-electron chi connectivity index (χ2n) is 28.3. The molecule has 494 valence electrons. The molecule has 0 spiro atoms. The minimum absolute atomic E-state index is 0.00114. The monoisotopic (exact) mass is 1250 g/mol. The van der Waals surface area contributed by atoms with Gasteiger partial charge in [0.1, 0.15) is 90.5 Å². The zero-order chi connectivity index (χ0) is 64.1. The van der Waals surface area contributed by atoms with Crippen molar-refractivity contribution < 1.29 is 129 Å². The normalized spacial score (nSPS) is 48.1. The van der Waals surface area contributed by atoms with Gasteiger partial charge in [0.25, 0.3) is 0 Å². The molecule has 0 amide bonds. The third-order valence-electron chi connectivity index (χ3n) is 22.6. The van der Waals surface area contributed by atoms with Crippen LogP contribution in [0, 0.1) is 50.2 Å². The van der Waals surface area contributed by atoms with Crippen LogP contribution >= 0.6 is 0 Å². The quantitative estimate of drug-likeness (QED) is 0.0489. The average molecular weight is 1250 g/mol. The van der Waals surface area contributed by atoms with Crippen molar-refractivity contribution in [1.29, 1.82) is 0 Å². The fourth-order valence-electron chi connectivity index (χ4n) is 17.3. The number of aliphatic carboxylic acids is 1. The molecule has 0 aromatic heterocycles. The van der Waals surface area contributed by atoms with E-state index >= 15 is 4.79 Å². The first-order chi connectivity index (χ1) is 41.3. The predicted molar refractivity (Wildman–Crippen MR) is 300 cm³/mol. The van der Waals surface area contributed by atoms with E-state index in [9.17, 15) is 81.1 Å². The van der Waals surface area contributed by atoms with E-state index in [0.717, 1.165) is 11.6 Å². The molecule has 1 aromatic carbocycles. The number of carboxylic acids is 1. The van der Waals surface area contributed by atoms with Crippen LogP contribution in [0.15, 0.2) is 42.0 Å². The molecule has 88 heavy (non-hydrogen) atoms. The lowest BCUT2D eigenvalue weighted by Crippen LogP contribution is -2.68. The third-order valence-corrected chi connectivity index (χ3v) is 22.6. The summed E-state index contributed by atoms with van der Waals surface area (Å²) in [7, 11) is 0. The Bertz CT molecular complexity index is 2740. The molecular formula is C62H90O26. The minimum atomic E-state index is -2.04. The van der Waals surface area contributed by atoms with Crippen LogP contribution in [0.25, 0.3) is 6.08 Å². The Hall–Kier alpha value is -3.85. The van der Waals surface area contributed by atoms with Gasteiger partial charge in [0.15, 0.2) is 31.1 Å². The van der Waals surface area contributed by atoms with Gasteiger partial charge in [-0.15, -0.1) is 0 Å². The van der Waals surface area contributed by atoms with Crippen molar-refractivity contribution in [2.24, 2.45) is 50.2 Å². The molecule has 0 radical (unpaired) electrons. The van der Waals surface area contributed by atoms with Crippen molar-refractivity contribution in [1.82, 2.24) is 0 Å². The molecule has 9 aliphatic rings. The second-order valence-corrected chi connectivity index (χ2v) is 28.3. The Morgan fingerprint density at radius 1 is 0.625 bits per heavy atom. The van der Waals surface area contributed by atoms with E-state index < -0.39 is 200 Å². The van der Waals surface area contributed by atoms with Crippen molar-refractivity contribution in [2.75, 3.05) is 19.8 Å². The molecule has 28 atom stereocenters. The Morgan fingerprint density at radius 2 is 1.24 bits per heavy atom. The van der Waals surface area contributed by atoms with Gasteiger partial charge in [0.05, 0.1) is 32.0 Å². The molecule has 4 saturated carbocycles. The number of carboxylic acid groups (broad SMARTS) is 1. The summed E-state index contributed by atoms with van der Waals surface area (Å²) in [6.07, 6.45) is -26.9. The van der Waals surface area contributed by atoms with Crippen LogP contribution in [0.5, 0.6) is 5.75 Å². The summed E-state index contributed by atoms with van der Waals surface area (Å²) in [6.45, 7) is 12.9. The van der Waals surface area contributed by atoms with Gasteiger partial charge < -0.3 is 114 Å². The van der Waals surface area contributed by atoms with Gasteiger partial charge in [0, 0.05) is 6.08 Å². The number of carbonyl (C=O) groups excluding carboxylic acids is 2. The van der Waals surface area contributed by atoms with Gasteiger partial charge in [0.2, 0.25) is 6.29 Å².